The van der Waals surface area contributed by atoms with E-state index in [1.165, 1.54) is 5.39 Å². The van der Waals surface area contributed by atoms with Crippen molar-refractivity contribution in [3.8, 4) is 0 Å². The summed E-state index contributed by atoms with van der Waals surface area (Å²) in [7, 11) is 0. The molecule has 0 radical (unpaired) electrons. The molecule has 0 fully saturated rings. The highest BCUT2D eigenvalue weighted by atomic mass is 14.9. The Labute approximate surface area is 95.2 Å². The van der Waals surface area contributed by atoms with Crippen LogP contribution in [0.3, 0.4) is 0 Å². The van der Waals surface area contributed by atoms with Crippen LogP contribution in [0.5, 0.6) is 0 Å². The molecule has 0 saturated carbocycles. The standard InChI is InChI=1S/C14H14N2/c1-10(2)14(16-15)13-9-5-7-11-6-3-4-8-12(11)13/h3-10H,1-2H3. The molecule has 0 aliphatic rings. The molecule has 0 aromatic heterocycles. The molecular weight excluding hydrogens is 196 g/mol. The zero-order chi connectivity index (χ0) is 11.5. The minimum Gasteiger partial charge on any atom is -0.361 e. The molecule has 0 heterocycles. The van der Waals surface area contributed by atoms with Crippen LogP contribution in [0.15, 0.2) is 42.5 Å². The summed E-state index contributed by atoms with van der Waals surface area (Å²) in [4.78, 5) is 3.42. The Morgan fingerprint density at radius 3 is 2.44 bits per heavy atom. The summed E-state index contributed by atoms with van der Waals surface area (Å²) in [5, 5.41) is 2.30. The van der Waals surface area contributed by atoms with E-state index in [0.29, 0.717) is 0 Å². The van der Waals surface area contributed by atoms with Crippen molar-refractivity contribution >= 4 is 16.5 Å². The lowest BCUT2D eigenvalue weighted by Gasteiger charge is -2.04. The van der Waals surface area contributed by atoms with Gasteiger partial charge in [0.1, 0.15) is 0 Å². The minimum absolute atomic E-state index is 0.204. The summed E-state index contributed by atoms with van der Waals surface area (Å²) in [5.41, 5.74) is 10.8. The Kier molecular flexibility index (Phi) is 2.84. The zero-order valence-corrected chi connectivity index (χ0v) is 9.51. The Balaban J connectivity index is 2.74. The summed E-state index contributed by atoms with van der Waals surface area (Å²) < 4.78 is 0. The normalized spacial score (nSPS) is 10.4. The molecule has 16 heavy (non-hydrogen) atoms. The topological polar surface area (TPSA) is 36.4 Å². The minimum atomic E-state index is 0.204. The van der Waals surface area contributed by atoms with Crippen LogP contribution in [0.1, 0.15) is 19.4 Å². The van der Waals surface area contributed by atoms with E-state index >= 15 is 0 Å². The van der Waals surface area contributed by atoms with Gasteiger partial charge in [-0.3, -0.25) is 0 Å². The molecule has 2 nitrogen and oxygen atoms in total. The Hall–Kier alpha value is -1.92. The largest absolute Gasteiger partial charge is 0.361 e. The highest BCUT2D eigenvalue weighted by molar-refractivity contribution is 6.08. The smallest absolute Gasteiger partial charge is 0.302 e. The molecule has 0 bridgehead atoms. The number of rotatable bonds is 2. The third-order valence-corrected chi connectivity index (χ3v) is 2.72. The Morgan fingerprint density at radius 2 is 1.75 bits per heavy atom. The van der Waals surface area contributed by atoms with Crippen molar-refractivity contribution < 1.29 is 4.79 Å². The maximum absolute atomic E-state index is 9.10. The van der Waals surface area contributed by atoms with Gasteiger partial charge in [0.15, 0.2) is 0 Å². The summed E-state index contributed by atoms with van der Waals surface area (Å²) in [6.45, 7) is 4.05. The van der Waals surface area contributed by atoms with Crippen molar-refractivity contribution in [2.45, 2.75) is 13.8 Å². The van der Waals surface area contributed by atoms with Crippen LogP contribution >= 0.6 is 0 Å². The van der Waals surface area contributed by atoms with Gasteiger partial charge in [-0.15, -0.1) is 0 Å². The highest BCUT2D eigenvalue weighted by Crippen LogP contribution is 2.20. The van der Waals surface area contributed by atoms with Crippen molar-refractivity contribution in [1.29, 1.82) is 0 Å². The summed E-state index contributed by atoms with van der Waals surface area (Å²) in [6, 6.07) is 14.2. The molecule has 80 valence electrons. The monoisotopic (exact) mass is 210 g/mol. The first-order chi connectivity index (χ1) is 7.74. The van der Waals surface area contributed by atoms with Crippen molar-refractivity contribution in [3.63, 3.8) is 0 Å². The number of hydrogen-bond acceptors (Lipinski definition) is 0. The lowest BCUT2D eigenvalue weighted by molar-refractivity contribution is -0.0100. The number of fused-ring (bicyclic) bond motifs is 1. The van der Waals surface area contributed by atoms with Crippen molar-refractivity contribution in [1.82, 2.24) is 0 Å². The predicted octanol–water partition coefficient (Wildman–Crippen LogP) is 3.51. The average Bonchev–Trinajstić information content (AvgIpc) is 2.30. The van der Waals surface area contributed by atoms with Gasteiger partial charge < -0.3 is 5.53 Å². The number of benzene rings is 2. The van der Waals surface area contributed by atoms with Gasteiger partial charge in [-0.1, -0.05) is 50.2 Å². The molecule has 2 aromatic rings. The second-order valence-electron chi connectivity index (χ2n) is 4.17. The molecule has 0 aliphatic carbocycles. The molecule has 2 heteroatoms. The van der Waals surface area contributed by atoms with E-state index in [-0.39, 0.29) is 5.92 Å². The second-order valence-corrected chi connectivity index (χ2v) is 4.17. The van der Waals surface area contributed by atoms with E-state index in [9.17, 15) is 0 Å². The fourth-order valence-corrected chi connectivity index (χ4v) is 1.93. The summed E-state index contributed by atoms with van der Waals surface area (Å²) >= 11 is 0. The second kappa shape index (κ2) is 4.30. The van der Waals surface area contributed by atoms with Gasteiger partial charge >= 0.3 is 5.71 Å². The van der Waals surface area contributed by atoms with E-state index in [2.05, 4.69) is 23.0 Å². The predicted molar refractivity (Wildman–Crippen MR) is 66.5 cm³/mol. The van der Waals surface area contributed by atoms with E-state index in [0.717, 1.165) is 16.7 Å². The van der Waals surface area contributed by atoms with Crippen LogP contribution in [0, 0.1) is 5.92 Å². The van der Waals surface area contributed by atoms with Crippen LogP contribution in [-0.2, 0) is 0 Å². The molecular formula is C14H14N2. The van der Waals surface area contributed by atoms with Crippen molar-refractivity contribution in [3.05, 3.63) is 53.6 Å². The van der Waals surface area contributed by atoms with Gasteiger partial charge in [-0.25, -0.2) is 0 Å². The number of nitrogens with zero attached hydrogens (tertiary/aromatic N) is 2. The van der Waals surface area contributed by atoms with Gasteiger partial charge in [0.05, 0.1) is 11.5 Å². The molecule has 0 N–H and O–H groups in total. The first-order valence-corrected chi connectivity index (χ1v) is 5.44. The first-order valence-electron chi connectivity index (χ1n) is 5.44. The highest BCUT2D eigenvalue weighted by Gasteiger charge is 2.18. The van der Waals surface area contributed by atoms with Crippen LogP contribution < -0.4 is 0 Å². The van der Waals surface area contributed by atoms with E-state index < -0.39 is 0 Å². The fourth-order valence-electron chi connectivity index (χ4n) is 1.93. The average molecular weight is 210 g/mol. The molecule has 0 aliphatic heterocycles. The molecule has 0 saturated heterocycles. The maximum Gasteiger partial charge on any atom is 0.302 e. The Morgan fingerprint density at radius 1 is 1.06 bits per heavy atom. The zero-order valence-electron chi connectivity index (χ0n) is 9.51. The van der Waals surface area contributed by atoms with E-state index in [4.69, 9.17) is 5.53 Å². The summed E-state index contributed by atoms with van der Waals surface area (Å²) in [5.74, 6) is 0.204. The van der Waals surface area contributed by atoms with Gasteiger partial charge in [0.2, 0.25) is 0 Å². The van der Waals surface area contributed by atoms with E-state index in [1.54, 1.807) is 0 Å². The number of hydrogen-bond donors (Lipinski definition) is 0. The van der Waals surface area contributed by atoms with Gasteiger partial charge in [0, 0.05) is 0 Å². The van der Waals surface area contributed by atoms with Gasteiger partial charge in [-0.2, -0.15) is 4.79 Å². The third-order valence-electron chi connectivity index (χ3n) is 2.72. The van der Waals surface area contributed by atoms with Crippen LogP contribution in [-0.4, -0.2) is 10.5 Å². The molecule has 0 atom stereocenters. The van der Waals surface area contributed by atoms with Crippen LogP contribution in [0.4, 0.5) is 0 Å². The SMILES string of the molecule is CC(C)C(=[N+]=[N-])c1cccc2ccccc12. The van der Waals surface area contributed by atoms with Crippen LogP contribution in [0.2, 0.25) is 0 Å². The summed E-state index contributed by atoms with van der Waals surface area (Å²) in [6.07, 6.45) is 0. The first kappa shape index (κ1) is 10.6. The van der Waals surface area contributed by atoms with Gasteiger partial charge in [0.25, 0.3) is 0 Å². The lowest BCUT2D eigenvalue weighted by atomic mass is 9.95. The molecule has 0 unspecified atom stereocenters. The quantitative estimate of drug-likeness (QED) is 0.413. The molecule has 0 spiro atoms. The molecule has 2 aromatic carbocycles. The molecule has 0 amide bonds. The molecule has 2 rings (SSSR count). The Bertz CT molecular complexity index is 558. The fraction of sp³-hybridized carbons (Fsp3) is 0.214. The lowest BCUT2D eigenvalue weighted by Crippen LogP contribution is -2.10. The van der Waals surface area contributed by atoms with Gasteiger partial charge in [-0.05, 0) is 16.8 Å². The maximum atomic E-state index is 9.10. The van der Waals surface area contributed by atoms with Crippen LogP contribution in [0.25, 0.3) is 16.3 Å². The van der Waals surface area contributed by atoms with E-state index in [1.807, 2.05) is 38.1 Å². The third kappa shape index (κ3) is 1.75. The van der Waals surface area contributed by atoms with Crippen molar-refractivity contribution in [2.75, 3.05) is 0 Å². The van der Waals surface area contributed by atoms with Crippen molar-refractivity contribution in [2.24, 2.45) is 5.92 Å².